The molecule has 38 heavy (non-hydrogen) atoms. The molecule has 0 atom stereocenters. The average molecular weight is 549 g/mol. The summed E-state index contributed by atoms with van der Waals surface area (Å²) >= 11 is 0. The summed E-state index contributed by atoms with van der Waals surface area (Å²) in [4.78, 5) is 23.6. The number of piperazine rings is 1. The number of hydrogen-bond donors (Lipinski definition) is 1. The lowest BCUT2D eigenvalue weighted by molar-refractivity contribution is -0.119. The van der Waals surface area contributed by atoms with Gasteiger partial charge in [0.1, 0.15) is 0 Å². The van der Waals surface area contributed by atoms with Crippen molar-refractivity contribution in [1.29, 1.82) is 0 Å². The number of hydrogen-bond acceptors (Lipinski definition) is 6. The second kappa shape index (κ2) is 10.6. The van der Waals surface area contributed by atoms with Gasteiger partial charge in [-0.2, -0.15) is 4.31 Å². The van der Waals surface area contributed by atoms with Gasteiger partial charge in [-0.05, 0) is 49.9 Å². The summed E-state index contributed by atoms with van der Waals surface area (Å²) in [6.07, 6.45) is 3.23. The molecule has 1 aromatic carbocycles. The van der Waals surface area contributed by atoms with Crippen molar-refractivity contribution >= 4 is 33.2 Å². The molecule has 0 saturated carbocycles. The van der Waals surface area contributed by atoms with Gasteiger partial charge in [-0.3, -0.25) is 9.78 Å². The lowest BCUT2D eigenvalue weighted by Gasteiger charge is -2.30. The molecule has 1 amide bonds. The lowest BCUT2D eigenvalue weighted by Crippen LogP contribution is -2.43. The van der Waals surface area contributed by atoms with Crippen LogP contribution < -0.4 is 4.90 Å². The molecular formula is C26H34F2N6O3S. The Morgan fingerprint density at radius 3 is 2.42 bits per heavy atom. The number of aromatic nitrogens is 2. The van der Waals surface area contributed by atoms with Crippen LogP contribution in [0.25, 0.3) is 22.3 Å². The first kappa shape index (κ1) is 26.5. The van der Waals surface area contributed by atoms with Crippen molar-refractivity contribution in [2.75, 3.05) is 64.3 Å². The highest BCUT2D eigenvalue weighted by atomic mass is 32.2. The van der Waals surface area contributed by atoms with Crippen LogP contribution >= 0.6 is 0 Å². The zero-order valence-corrected chi connectivity index (χ0v) is 22.1. The van der Waals surface area contributed by atoms with Crippen LogP contribution in [0.2, 0.25) is 0 Å². The van der Waals surface area contributed by atoms with Crippen molar-refractivity contribution in [3.8, 4) is 11.3 Å². The number of carbonyl (C=O) groups excluding carboxylic acids is 1. The summed E-state index contributed by atoms with van der Waals surface area (Å²) in [5.41, 5.74) is 3.37. The topological polar surface area (TPSA) is 92.9 Å². The number of H-pyrrole nitrogens is 1. The lowest BCUT2D eigenvalue weighted by atomic mass is 10.1. The van der Waals surface area contributed by atoms with E-state index < -0.39 is 15.9 Å². The SMILES string of the molecule is CN1CCN(C=O)CC1.O=S(=O)(c1ccc(N2CCC(F)(F)C2)c(-c2cc3ncccc3[nH]2)c1)N1CCC1.[HH]. The number of anilines is 1. The first-order valence-electron chi connectivity index (χ1n) is 12.8. The van der Waals surface area contributed by atoms with E-state index in [1.165, 1.54) is 10.4 Å². The molecule has 1 N–H and O–H groups in total. The molecule has 0 unspecified atom stereocenters. The number of likely N-dealkylation sites (N-methyl/N-ethyl adjacent to an activating group) is 1. The van der Waals surface area contributed by atoms with Gasteiger partial charge in [0, 0.05) is 71.1 Å². The molecule has 3 aliphatic heterocycles. The molecule has 3 fully saturated rings. The molecule has 5 heterocycles. The van der Waals surface area contributed by atoms with Gasteiger partial charge in [0.05, 0.1) is 28.2 Å². The third-order valence-electron chi connectivity index (χ3n) is 7.30. The maximum atomic E-state index is 13.8. The summed E-state index contributed by atoms with van der Waals surface area (Å²) in [6.45, 7) is 4.66. The fraction of sp³-hybridized carbons (Fsp3) is 0.462. The van der Waals surface area contributed by atoms with Crippen LogP contribution in [0.5, 0.6) is 0 Å². The summed E-state index contributed by atoms with van der Waals surface area (Å²) in [6, 6.07) is 10.2. The predicted octanol–water partition coefficient (Wildman–Crippen LogP) is 3.11. The van der Waals surface area contributed by atoms with Crippen LogP contribution in [0.3, 0.4) is 0 Å². The molecule has 2 aromatic heterocycles. The number of aromatic amines is 1. The minimum Gasteiger partial charge on any atom is -0.365 e. The fourth-order valence-electron chi connectivity index (χ4n) is 4.81. The Kier molecular flexibility index (Phi) is 7.38. The Labute approximate surface area is 222 Å². The molecule has 0 radical (unpaired) electrons. The second-order valence-corrected chi connectivity index (χ2v) is 12.0. The van der Waals surface area contributed by atoms with E-state index in [-0.39, 0.29) is 25.8 Å². The van der Waals surface area contributed by atoms with E-state index in [1.54, 1.807) is 34.2 Å². The molecule has 3 aliphatic rings. The minimum absolute atomic E-state index is 0. The van der Waals surface area contributed by atoms with Crippen LogP contribution in [0.1, 0.15) is 14.3 Å². The highest BCUT2D eigenvalue weighted by Crippen LogP contribution is 2.39. The number of benzene rings is 1. The maximum Gasteiger partial charge on any atom is 0.266 e. The Morgan fingerprint density at radius 1 is 1.05 bits per heavy atom. The van der Waals surface area contributed by atoms with Gasteiger partial charge >= 0.3 is 0 Å². The van der Waals surface area contributed by atoms with Crippen LogP contribution in [0.4, 0.5) is 14.5 Å². The number of carbonyl (C=O) groups is 1. The highest BCUT2D eigenvalue weighted by molar-refractivity contribution is 7.89. The number of pyridine rings is 1. The Hall–Kier alpha value is -3.09. The standard InChI is InChI=1S/C20H20F2N4O2S.C6H12N2O.H2/c21-20(22)6-10-25(13-20)19-5-4-14(29(27,28)26-8-2-9-26)11-15(19)17-12-18-16(24-17)3-1-7-23-18;1-7-2-4-8(6-9)5-3-7;/h1,3-5,7,11-12,24H,2,6,8-10,13H2;6H,2-5H2,1H3;1H. The summed E-state index contributed by atoms with van der Waals surface area (Å²) in [7, 11) is -1.52. The van der Waals surface area contributed by atoms with Crippen LogP contribution in [-0.2, 0) is 14.8 Å². The number of sulfonamides is 1. The number of rotatable bonds is 5. The van der Waals surface area contributed by atoms with Gasteiger partial charge in [0.15, 0.2) is 0 Å². The highest BCUT2D eigenvalue weighted by Gasteiger charge is 2.39. The van der Waals surface area contributed by atoms with E-state index in [4.69, 9.17) is 0 Å². The van der Waals surface area contributed by atoms with Crippen molar-refractivity contribution in [2.45, 2.75) is 23.7 Å². The van der Waals surface area contributed by atoms with Gasteiger partial charge in [0.25, 0.3) is 5.92 Å². The van der Waals surface area contributed by atoms with E-state index in [0.29, 0.717) is 30.0 Å². The normalized spacial score (nSPS) is 20.2. The summed E-state index contributed by atoms with van der Waals surface area (Å²) in [5.74, 6) is -2.75. The maximum absolute atomic E-state index is 13.8. The number of alkyl halides is 2. The molecule has 0 aliphatic carbocycles. The number of fused-ring (bicyclic) bond motifs is 1. The van der Waals surface area contributed by atoms with Crippen molar-refractivity contribution < 1.29 is 23.4 Å². The molecule has 6 rings (SSSR count). The first-order valence-corrected chi connectivity index (χ1v) is 14.2. The van der Waals surface area contributed by atoms with E-state index in [0.717, 1.165) is 50.0 Å². The van der Waals surface area contributed by atoms with Crippen molar-refractivity contribution in [1.82, 2.24) is 24.1 Å². The minimum atomic E-state index is -3.59. The number of nitrogens with one attached hydrogen (secondary N) is 1. The number of nitrogens with zero attached hydrogens (tertiary/aromatic N) is 5. The second-order valence-electron chi connectivity index (χ2n) is 10.0. The Balaban J connectivity index is 0.000000302. The molecule has 0 bridgehead atoms. The molecule has 206 valence electrons. The third-order valence-corrected chi connectivity index (χ3v) is 9.19. The molecule has 3 saturated heterocycles. The Bertz CT molecular complexity index is 1370. The fourth-order valence-corrected chi connectivity index (χ4v) is 6.36. The average Bonchev–Trinajstić information content (AvgIpc) is 3.46. The van der Waals surface area contributed by atoms with Crippen molar-refractivity contribution in [2.24, 2.45) is 0 Å². The van der Waals surface area contributed by atoms with E-state index in [1.807, 2.05) is 12.1 Å². The number of halogens is 2. The zero-order valence-electron chi connectivity index (χ0n) is 21.3. The van der Waals surface area contributed by atoms with Crippen LogP contribution in [0.15, 0.2) is 47.5 Å². The third kappa shape index (κ3) is 5.52. The van der Waals surface area contributed by atoms with Gasteiger partial charge in [0.2, 0.25) is 16.4 Å². The summed E-state index contributed by atoms with van der Waals surface area (Å²) < 4.78 is 54.9. The monoisotopic (exact) mass is 548 g/mol. The van der Waals surface area contributed by atoms with Gasteiger partial charge < -0.3 is 19.7 Å². The van der Waals surface area contributed by atoms with Crippen molar-refractivity contribution in [3.63, 3.8) is 0 Å². The van der Waals surface area contributed by atoms with Gasteiger partial charge in [-0.25, -0.2) is 17.2 Å². The summed E-state index contributed by atoms with van der Waals surface area (Å²) in [5, 5.41) is 0. The Morgan fingerprint density at radius 2 is 1.82 bits per heavy atom. The largest absolute Gasteiger partial charge is 0.365 e. The molecule has 12 heteroatoms. The van der Waals surface area contributed by atoms with E-state index in [9.17, 15) is 22.0 Å². The number of amides is 1. The first-order chi connectivity index (χ1) is 18.2. The predicted molar refractivity (Wildman–Crippen MR) is 144 cm³/mol. The molecular weight excluding hydrogens is 514 g/mol. The van der Waals surface area contributed by atoms with Crippen molar-refractivity contribution in [3.05, 3.63) is 42.6 Å². The van der Waals surface area contributed by atoms with Crippen LogP contribution in [-0.4, -0.2) is 104 Å². The molecule has 9 nitrogen and oxygen atoms in total. The zero-order chi connectivity index (χ0) is 26.9. The molecule has 0 spiro atoms. The smallest absolute Gasteiger partial charge is 0.266 e. The van der Waals surface area contributed by atoms with Crippen LogP contribution in [0, 0.1) is 0 Å². The van der Waals surface area contributed by atoms with E-state index in [2.05, 4.69) is 21.9 Å². The molecule has 3 aromatic rings. The van der Waals surface area contributed by atoms with Gasteiger partial charge in [-0.15, -0.1) is 0 Å². The quantitative estimate of drug-likeness (QED) is 0.493. The van der Waals surface area contributed by atoms with E-state index >= 15 is 0 Å². The van der Waals surface area contributed by atoms with Gasteiger partial charge in [-0.1, -0.05) is 0 Å².